The number of nitrogens with two attached hydrogens (primary N) is 1. The zero-order chi connectivity index (χ0) is 11.8. The van der Waals surface area contributed by atoms with E-state index < -0.39 is 0 Å². The fourth-order valence-electron chi connectivity index (χ4n) is 2.62. The van der Waals surface area contributed by atoms with Crippen molar-refractivity contribution in [2.45, 2.75) is 51.5 Å². The van der Waals surface area contributed by atoms with Gasteiger partial charge in [0.25, 0.3) is 0 Å². The molecule has 0 spiro atoms. The minimum Gasteiger partial charge on any atom is -0.325 e. The van der Waals surface area contributed by atoms with Crippen LogP contribution in [0.4, 0.5) is 0 Å². The number of pyridine rings is 1. The van der Waals surface area contributed by atoms with E-state index in [1.807, 2.05) is 12.3 Å². The Balaban J connectivity index is 2.39. The Bertz CT molecular complexity index is 369. The largest absolute Gasteiger partial charge is 0.325 e. The number of rotatable bonds is 2. The van der Waals surface area contributed by atoms with Crippen LogP contribution in [0.1, 0.15) is 50.8 Å². The second-order valence-electron chi connectivity index (χ2n) is 5.51. The van der Waals surface area contributed by atoms with Gasteiger partial charge in [-0.05, 0) is 43.7 Å². The maximum Gasteiger partial charge on any atom is 0.0484 e. The fraction of sp³-hybridized carbons (Fsp3) is 0.643. The minimum absolute atomic E-state index is 0.149. The molecule has 1 aliphatic rings. The SMILES string of the molecule is CC(C)C(C)(N)C1CCCc2cccnc21. The standard InChI is InChI=1S/C14H22N2/c1-10(2)14(3,15)12-8-4-6-11-7-5-9-16-13(11)12/h5,7,9-10,12H,4,6,8,15H2,1-3H3. The summed E-state index contributed by atoms with van der Waals surface area (Å²) in [6.07, 6.45) is 5.47. The average Bonchev–Trinajstić information content (AvgIpc) is 2.28. The first-order valence-corrected chi connectivity index (χ1v) is 6.26. The number of hydrogen-bond acceptors (Lipinski definition) is 2. The normalized spacial score (nSPS) is 23.9. The molecule has 1 heterocycles. The van der Waals surface area contributed by atoms with Gasteiger partial charge in [-0.25, -0.2) is 0 Å². The Hall–Kier alpha value is -0.890. The first kappa shape index (κ1) is 11.6. The molecule has 1 aromatic heterocycles. The van der Waals surface area contributed by atoms with Gasteiger partial charge in [0.05, 0.1) is 0 Å². The molecule has 2 nitrogen and oxygen atoms in total. The van der Waals surface area contributed by atoms with Gasteiger partial charge in [-0.3, -0.25) is 4.98 Å². The molecule has 16 heavy (non-hydrogen) atoms. The molecular formula is C14H22N2. The van der Waals surface area contributed by atoms with Gasteiger partial charge in [0.1, 0.15) is 0 Å². The van der Waals surface area contributed by atoms with Crippen LogP contribution in [-0.2, 0) is 6.42 Å². The van der Waals surface area contributed by atoms with Crippen molar-refractivity contribution in [3.8, 4) is 0 Å². The molecule has 0 aromatic carbocycles. The maximum absolute atomic E-state index is 6.51. The predicted octanol–water partition coefficient (Wildman–Crippen LogP) is 2.87. The van der Waals surface area contributed by atoms with Gasteiger partial charge >= 0.3 is 0 Å². The third kappa shape index (κ3) is 1.86. The van der Waals surface area contributed by atoms with E-state index >= 15 is 0 Å². The molecule has 0 saturated heterocycles. The topological polar surface area (TPSA) is 38.9 Å². The lowest BCUT2D eigenvalue weighted by atomic mass is 9.70. The van der Waals surface area contributed by atoms with Gasteiger partial charge in [0.2, 0.25) is 0 Å². The molecule has 1 aliphatic carbocycles. The first-order valence-electron chi connectivity index (χ1n) is 6.26. The highest BCUT2D eigenvalue weighted by atomic mass is 14.8. The number of aromatic nitrogens is 1. The van der Waals surface area contributed by atoms with Crippen LogP contribution in [0.3, 0.4) is 0 Å². The molecule has 0 fully saturated rings. The van der Waals surface area contributed by atoms with Crippen molar-refractivity contribution >= 4 is 0 Å². The molecule has 2 rings (SSSR count). The average molecular weight is 218 g/mol. The van der Waals surface area contributed by atoms with Crippen LogP contribution in [0, 0.1) is 5.92 Å². The molecule has 0 saturated carbocycles. The lowest BCUT2D eigenvalue weighted by molar-refractivity contribution is 0.253. The summed E-state index contributed by atoms with van der Waals surface area (Å²) in [6.45, 7) is 6.58. The fourth-order valence-corrected chi connectivity index (χ4v) is 2.62. The zero-order valence-corrected chi connectivity index (χ0v) is 10.5. The van der Waals surface area contributed by atoms with E-state index in [1.165, 1.54) is 24.1 Å². The molecule has 0 aliphatic heterocycles. The summed E-state index contributed by atoms with van der Waals surface area (Å²) in [5.41, 5.74) is 9.00. The van der Waals surface area contributed by atoms with E-state index in [1.54, 1.807) is 0 Å². The highest BCUT2D eigenvalue weighted by Crippen LogP contribution is 2.39. The summed E-state index contributed by atoms with van der Waals surface area (Å²) >= 11 is 0. The molecule has 0 bridgehead atoms. The van der Waals surface area contributed by atoms with Gasteiger partial charge in [-0.1, -0.05) is 19.9 Å². The van der Waals surface area contributed by atoms with Gasteiger partial charge < -0.3 is 5.73 Å². The van der Waals surface area contributed by atoms with Crippen molar-refractivity contribution in [3.63, 3.8) is 0 Å². The second-order valence-corrected chi connectivity index (χ2v) is 5.51. The Labute approximate surface area is 98.3 Å². The van der Waals surface area contributed by atoms with E-state index in [0.717, 1.165) is 6.42 Å². The quantitative estimate of drug-likeness (QED) is 0.829. The number of aryl methyl sites for hydroxylation is 1. The second kappa shape index (κ2) is 4.17. The molecule has 2 unspecified atom stereocenters. The van der Waals surface area contributed by atoms with Crippen LogP contribution in [0.5, 0.6) is 0 Å². The zero-order valence-electron chi connectivity index (χ0n) is 10.5. The predicted molar refractivity (Wildman–Crippen MR) is 67.3 cm³/mol. The van der Waals surface area contributed by atoms with Crippen molar-refractivity contribution < 1.29 is 0 Å². The van der Waals surface area contributed by atoms with Crippen molar-refractivity contribution in [3.05, 3.63) is 29.6 Å². The van der Waals surface area contributed by atoms with Crippen molar-refractivity contribution in [2.24, 2.45) is 11.7 Å². The summed E-state index contributed by atoms with van der Waals surface area (Å²) in [6, 6.07) is 4.23. The van der Waals surface area contributed by atoms with E-state index in [4.69, 9.17) is 5.73 Å². The summed E-state index contributed by atoms with van der Waals surface area (Å²) in [7, 11) is 0. The Kier molecular flexibility index (Phi) is 3.02. The van der Waals surface area contributed by atoms with Crippen molar-refractivity contribution in [1.29, 1.82) is 0 Å². The number of nitrogens with zero attached hydrogens (tertiary/aromatic N) is 1. The van der Waals surface area contributed by atoms with Crippen LogP contribution in [0.15, 0.2) is 18.3 Å². The maximum atomic E-state index is 6.51. The van der Waals surface area contributed by atoms with Gasteiger partial charge in [-0.15, -0.1) is 0 Å². The van der Waals surface area contributed by atoms with Gasteiger partial charge in [-0.2, -0.15) is 0 Å². The van der Waals surface area contributed by atoms with E-state index in [0.29, 0.717) is 11.8 Å². The first-order chi connectivity index (χ1) is 7.53. The lowest BCUT2D eigenvalue weighted by Crippen LogP contribution is -2.48. The molecule has 2 atom stereocenters. The van der Waals surface area contributed by atoms with Crippen LogP contribution in [0.25, 0.3) is 0 Å². The molecule has 2 N–H and O–H groups in total. The summed E-state index contributed by atoms with van der Waals surface area (Å²) in [4.78, 5) is 4.57. The third-order valence-corrected chi connectivity index (χ3v) is 4.19. The van der Waals surface area contributed by atoms with Crippen molar-refractivity contribution in [1.82, 2.24) is 4.98 Å². The molecule has 2 heteroatoms. The lowest BCUT2D eigenvalue weighted by Gasteiger charge is -2.40. The summed E-state index contributed by atoms with van der Waals surface area (Å²) < 4.78 is 0. The third-order valence-electron chi connectivity index (χ3n) is 4.19. The highest BCUT2D eigenvalue weighted by molar-refractivity contribution is 5.29. The van der Waals surface area contributed by atoms with Crippen molar-refractivity contribution in [2.75, 3.05) is 0 Å². The minimum atomic E-state index is -0.149. The molecule has 0 radical (unpaired) electrons. The van der Waals surface area contributed by atoms with Crippen LogP contribution >= 0.6 is 0 Å². The van der Waals surface area contributed by atoms with E-state index in [2.05, 4.69) is 31.8 Å². The Morgan fingerprint density at radius 3 is 2.94 bits per heavy atom. The van der Waals surface area contributed by atoms with E-state index in [9.17, 15) is 0 Å². The van der Waals surface area contributed by atoms with Crippen LogP contribution in [0.2, 0.25) is 0 Å². The van der Waals surface area contributed by atoms with Crippen LogP contribution < -0.4 is 5.73 Å². The molecule has 88 valence electrons. The molecule has 1 aromatic rings. The molecular weight excluding hydrogens is 196 g/mol. The summed E-state index contributed by atoms with van der Waals surface area (Å²) in [5.74, 6) is 0.892. The van der Waals surface area contributed by atoms with Gasteiger partial charge in [0, 0.05) is 23.3 Å². The monoisotopic (exact) mass is 218 g/mol. The number of hydrogen-bond donors (Lipinski definition) is 1. The summed E-state index contributed by atoms with van der Waals surface area (Å²) in [5, 5.41) is 0. The van der Waals surface area contributed by atoms with Crippen LogP contribution in [-0.4, -0.2) is 10.5 Å². The highest BCUT2D eigenvalue weighted by Gasteiger charge is 2.37. The number of fused-ring (bicyclic) bond motifs is 1. The van der Waals surface area contributed by atoms with Gasteiger partial charge in [0.15, 0.2) is 0 Å². The molecule has 0 amide bonds. The smallest absolute Gasteiger partial charge is 0.0484 e. The Morgan fingerprint density at radius 2 is 2.25 bits per heavy atom. The Morgan fingerprint density at radius 1 is 1.50 bits per heavy atom. The van der Waals surface area contributed by atoms with E-state index in [-0.39, 0.29) is 5.54 Å².